The van der Waals surface area contributed by atoms with Crippen molar-refractivity contribution >= 4 is 29.0 Å². The first kappa shape index (κ1) is 19.1. The van der Waals surface area contributed by atoms with Gasteiger partial charge in [0.2, 0.25) is 5.75 Å². The lowest BCUT2D eigenvalue weighted by atomic mass is 10.3. The number of hydrogen-bond donors (Lipinski definition) is 1. The van der Waals surface area contributed by atoms with Crippen LogP contribution in [0.25, 0.3) is 0 Å². The lowest BCUT2D eigenvalue weighted by Crippen LogP contribution is -2.20. The number of hydrogen-bond acceptors (Lipinski definition) is 6. The molecule has 142 valence electrons. The van der Waals surface area contributed by atoms with Gasteiger partial charge in [-0.3, -0.25) is 4.79 Å². The van der Waals surface area contributed by atoms with Crippen LogP contribution >= 0.6 is 11.6 Å². The number of anilines is 1. The summed E-state index contributed by atoms with van der Waals surface area (Å²) in [6, 6.07) is 16.6. The van der Waals surface area contributed by atoms with E-state index in [9.17, 15) is 14.9 Å². The van der Waals surface area contributed by atoms with E-state index < -0.39 is 23.3 Å². The first-order valence-electron chi connectivity index (χ1n) is 8.07. The van der Waals surface area contributed by atoms with Gasteiger partial charge in [0.1, 0.15) is 17.7 Å². The first-order valence-corrected chi connectivity index (χ1v) is 8.45. The molecule has 0 aliphatic rings. The van der Waals surface area contributed by atoms with Crippen LogP contribution in [0.4, 0.5) is 11.5 Å². The fourth-order valence-electron chi connectivity index (χ4n) is 2.23. The maximum atomic E-state index is 12.0. The third kappa shape index (κ3) is 4.95. The topological polar surface area (TPSA) is 104 Å². The van der Waals surface area contributed by atoms with E-state index in [0.29, 0.717) is 22.2 Å². The molecule has 9 heteroatoms. The molecule has 0 radical (unpaired) electrons. The molecule has 1 amide bonds. The van der Waals surface area contributed by atoms with Gasteiger partial charge >= 0.3 is 5.82 Å². The summed E-state index contributed by atoms with van der Waals surface area (Å²) < 4.78 is 10.9. The van der Waals surface area contributed by atoms with E-state index in [-0.39, 0.29) is 5.75 Å². The van der Waals surface area contributed by atoms with Crippen molar-refractivity contribution in [2.45, 2.75) is 0 Å². The van der Waals surface area contributed by atoms with Gasteiger partial charge in [0, 0.05) is 5.69 Å². The van der Waals surface area contributed by atoms with Gasteiger partial charge in [0.25, 0.3) is 5.91 Å². The lowest BCUT2D eigenvalue weighted by Gasteiger charge is -2.09. The molecule has 0 saturated carbocycles. The van der Waals surface area contributed by atoms with E-state index >= 15 is 0 Å². The molecule has 0 bridgehead atoms. The van der Waals surface area contributed by atoms with Crippen LogP contribution in [0.3, 0.4) is 0 Å². The predicted octanol–water partition coefficient (Wildman–Crippen LogP) is 4.45. The minimum Gasteiger partial charge on any atom is -0.476 e. The van der Waals surface area contributed by atoms with Gasteiger partial charge in [-0.25, -0.2) is 0 Å². The van der Waals surface area contributed by atoms with Crippen LogP contribution in [0.2, 0.25) is 5.02 Å². The highest BCUT2D eigenvalue weighted by molar-refractivity contribution is 6.32. The molecule has 1 aromatic heterocycles. The third-order valence-corrected chi connectivity index (χ3v) is 3.80. The molecule has 0 saturated heterocycles. The van der Waals surface area contributed by atoms with Gasteiger partial charge in [-0.1, -0.05) is 23.7 Å². The molecule has 0 aliphatic heterocycles. The molecule has 3 rings (SSSR count). The van der Waals surface area contributed by atoms with Crippen LogP contribution in [0.15, 0.2) is 66.9 Å². The quantitative estimate of drug-likeness (QED) is 0.465. The van der Waals surface area contributed by atoms with Gasteiger partial charge in [-0.05, 0) is 58.4 Å². The summed E-state index contributed by atoms with van der Waals surface area (Å²) in [5, 5.41) is 14.0. The highest BCUT2D eigenvalue weighted by Crippen LogP contribution is 2.29. The van der Waals surface area contributed by atoms with Crippen LogP contribution in [0, 0.1) is 10.1 Å². The number of para-hydroxylation sites is 1. The second-order valence-electron chi connectivity index (χ2n) is 5.48. The molecule has 0 unspecified atom stereocenters. The molecule has 1 heterocycles. The van der Waals surface area contributed by atoms with Gasteiger partial charge in [0.15, 0.2) is 6.61 Å². The molecule has 2 aromatic carbocycles. The number of benzene rings is 2. The zero-order valence-electron chi connectivity index (χ0n) is 14.4. The number of rotatable bonds is 7. The Balaban J connectivity index is 1.56. The number of carbonyl (C=O) groups excluding carboxylic acids is 1. The number of nitro groups is 1. The number of amides is 1. The minimum atomic E-state index is -0.676. The Labute approximate surface area is 164 Å². The molecule has 1 N–H and O–H groups in total. The van der Waals surface area contributed by atoms with E-state index in [1.54, 1.807) is 42.5 Å². The number of ether oxygens (including phenoxy) is 2. The highest BCUT2D eigenvalue weighted by atomic mass is 35.5. The van der Waals surface area contributed by atoms with Crippen LogP contribution < -0.4 is 14.8 Å². The lowest BCUT2D eigenvalue weighted by molar-refractivity contribution is -0.390. The Bertz CT molecular complexity index is 995. The van der Waals surface area contributed by atoms with E-state index in [0.717, 1.165) is 0 Å². The maximum Gasteiger partial charge on any atom is 0.406 e. The van der Waals surface area contributed by atoms with Crippen molar-refractivity contribution in [3.63, 3.8) is 0 Å². The maximum absolute atomic E-state index is 12.0. The molecular weight excluding hydrogens is 386 g/mol. The average Bonchev–Trinajstić information content (AvgIpc) is 2.70. The van der Waals surface area contributed by atoms with E-state index in [1.807, 2.05) is 6.07 Å². The van der Waals surface area contributed by atoms with Crippen LogP contribution in [-0.2, 0) is 4.79 Å². The SMILES string of the molecule is O=C(COc1cccnc1[N+](=O)[O-])Nc1ccc(Oc2ccccc2Cl)cc1. The van der Waals surface area contributed by atoms with E-state index in [4.69, 9.17) is 21.1 Å². The van der Waals surface area contributed by atoms with Crippen molar-refractivity contribution in [1.29, 1.82) is 0 Å². The largest absolute Gasteiger partial charge is 0.476 e. The third-order valence-electron chi connectivity index (χ3n) is 3.49. The summed E-state index contributed by atoms with van der Waals surface area (Å²) in [6.07, 6.45) is 1.28. The molecule has 0 spiro atoms. The Kier molecular flexibility index (Phi) is 6.03. The fraction of sp³-hybridized carbons (Fsp3) is 0.0526. The molecule has 28 heavy (non-hydrogen) atoms. The Hall–Kier alpha value is -3.65. The van der Waals surface area contributed by atoms with Crippen molar-refractivity contribution in [2.75, 3.05) is 11.9 Å². The van der Waals surface area contributed by atoms with Crippen LogP contribution in [0.5, 0.6) is 17.2 Å². The first-order chi connectivity index (χ1) is 13.5. The summed E-state index contributed by atoms with van der Waals surface area (Å²) in [4.78, 5) is 25.8. The summed E-state index contributed by atoms with van der Waals surface area (Å²) in [5.41, 5.74) is 0.515. The second kappa shape index (κ2) is 8.83. The standard InChI is InChI=1S/C19H14ClN3O5/c20-15-4-1-2-5-16(15)28-14-9-7-13(8-10-14)22-18(24)12-27-17-6-3-11-21-19(17)23(25)26/h1-11H,12H2,(H,22,24). The van der Waals surface area contributed by atoms with E-state index in [2.05, 4.69) is 10.3 Å². The fourth-order valence-corrected chi connectivity index (χ4v) is 2.41. The number of aromatic nitrogens is 1. The zero-order valence-corrected chi connectivity index (χ0v) is 15.1. The molecular formula is C19H14ClN3O5. The van der Waals surface area contributed by atoms with Crippen molar-refractivity contribution < 1.29 is 19.2 Å². The van der Waals surface area contributed by atoms with Gasteiger partial charge < -0.3 is 24.9 Å². The Morgan fingerprint density at radius 3 is 2.50 bits per heavy atom. The van der Waals surface area contributed by atoms with Crippen LogP contribution in [-0.4, -0.2) is 22.4 Å². The monoisotopic (exact) mass is 399 g/mol. The zero-order chi connectivity index (χ0) is 19.9. The van der Waals surface area contributed by atoms with E-state index in [1.165, 1.54) is 18.3 Å². The van der Waals surface area contributed by atoms with Gasteiger partial charge in [-0.15, -0.1) is 0 Å². The summed E-state index contributed by atoms with van der Waals surface area (Å²) in [6.45, 7) is -0.398. The Morgan fingerprint density at radius 2 is 1.79 bits per heavy atom. The van der Waals surface area contributed by atoms with Crippen molar-refractivity contribution in [3.8, 4) is 17.2 Å². The molecule has 0 atom stereocenters. The number of carbonyl (C=O) groups is 1. The smallest absolute Gasteiger partial charge is 0.406 e. The average molecular weight is 400 g/mol. The van der Waals surface area contributed by atoms with Crippen molar-refractivity contribution in [2.24, 2.45) is 0 Å². The molecule has 3 aromatic rings. The number of halogens is 1. The minimum absolute atomic E-state index is 0.0777. The van der Waals surface area contributed by atoms with Crippen molar-refractivity contribution in [3.05, 3.63) is 82.0 Å². The molecule has 0 fully saturated rings. The Morgan fingerprint density at radius 1 is 1.07 bits per heavy atom. The summed E-state index contributed by atoms with van der Waals surface area (Å²) in [5.74, 6) is 0.0705. The second-order valence-corrected chi connectivity index (χ2v) is 5.88. The highest BCUT2D eigenvalue weighted by Gasteiger charge is 2.16. The number of nitrogens with one attached hydrogen (secondary N) is 1. The van der Waals surface area contributed by atoms with Gasteiger partial charge in [-0.2, -0.15) is 0 Å². The number of pyridine rings is 1. The number of nitrogens with zero attached hydrogens (tertiary/aromatic N) is 2. The van der Waals surface area contributed by atoms with Gasteiger partial charge in [0.05, 0.1) is 5.02 Å². The normalized spacial score (nSPS) is 10.2. The predicted molar refractivity (Wildman–Crippen MR) is 103 cm³/mol. The molecule has 0 aliphatic carbocycles. The molecule has 8 nitrogen and oxygen atoms in total. The summed E-state index contributed by atoms with van der Waals surface area (Å²) >= 11 is 6.05. The summed E-state index contributed by atoms with van der Waals surface area (Å²) in [7, 11) is 0. The van der Waals surface area contributed by atoms with Crippen molar-refractivity contribution in [1.82, 2.24) is 4.98 Å². The van der Waals surface area contributed by atoms with Crippen LogP contribution in [0.1, 0.15) is 0 Å².